The van der Waals surface area contributed by atoms with Gasteiger partial charge in [0.1, 0.15) is 17.4 Å². The Labute approximate surface area is 87.4 Å². The third kappa shape index (κ3) is 4.02. The fourth-order valence-corrected chi connectivity index (χ4v) is 1.13. The molecule has 0 aliphatic rings. The van der Waals surface area contributed by atoms with Crippen LogP contribution in [0.5, 0.6) is 0 Å². The molecule has 1 rings (SSSR count). The molecule has 3 heteroatoms. The van der Waals surface area contributed by atoms with Gasteiger partial charge in [0.2, 0.25) is 0 Å². The number of allylic oxidation sites excluding steroid dienone is 1. The average molecular weight is 210 g/mol. The van der Waals surface area contributed by atoms with Crippen LogP contribution in [0.2, 0.25) is 0 Å². The molecule has 0 unspecified atom stereocenters. The molecule has 1 nitrogen and oxygen atoms in total. The van der Waals surface area contributed by atoms with E-state index in [0.717, 1.165) is 6.07 Å². The fourth-order valence-electron chi connectivity index (χ4n) is 1.13. The lowest BCUT2D eigenvalue weighted by molar-refractivity contribution is -0.116. The van der Waals surface area contributed by atoms with E-state index >= 15 is 0 Å². The molecule has 0 heterocycles. The second kappa shape index (κ2) is 5.39. The van der Waals surface area contributed by atoms with E-state index in [1.54, 1.807) is 12.2 Å². The van der Waals surface area contributed by atoms with E-state index in [0.29, 0.717) is 18.4 Å². The van der Waals surface area contributed by atoms with Gasteiger partial charge in [0.15, 0.2) is 0 Å². The van der Waals surface area contributed by atoms with Gasteiger partial charge in [0, 0.05) is 18.1 Å². The van der Waals surface area contributed by atoms with Crippen LogP contribution in [0.15, 0.2) is 24.3 Å². The molecule has 0 spiro atoms. The van der Waals surface area contributed by atoms with Crippen LogP contribution in [-0.2, 0) is 4.79 Å². The lowest BCUT2D eigenvalue weighted by Crippen LogP contribution is -1.87. The van der Waals surface area contributed by atoms with Gasteiger partial charge in [-0.05, 0) is 25.5 Å². The van der Waals surface area contributed by atoms with Gasteiger partial charge in [-0.25, -0.2) is 8.78 Å². The summed E-state index contributed by atoms with van der Waals surface area (Å²) in [5, 5.41) is 0. The van der Waals surface area contributed by atoms with E-state index in [-0.39, 0.29) is 5.78 Å². The van der Waals surface area contributed by atoms with Crippen molar-refractivity contribution in [3.05, 3.63) is 41.5 Å². The van der Waals surface area contributed by atoms with Crippen molar-refractivity contribution in [1.82, 2.24) is 0 Å². The second-order valence-corrected chi connectivity index (χ2v) is 3.31. The zero-order valence-electron chi connectivity index (χ0n) is 8.47. The molecule has 0 aromatic heterocycles. The van der Waals surface area contributed by atoms with Crippen LogP contribution in [0, 0.1) is 11.6 Å². The van der Waals surface area contributed by atoms with Gasteiger partial charge in [-0.1, -0.05) is 12.2 Å². The summed E-state index contributed by atoms with van der Waals surface area (Å²) in [6.07, 6.45) is 4.28. The molecule has 0 N–H and O–H groups in total. The Morgan fingerprint density at radius 3 is 2.73 bits per heavy atom. The zero-order valence-corrected chi connectivity index (χ0v) is 8.47. The highest BCUT2D eigenvalue weighted by Gasteiger charge is 1.99. The standard InChI is InChI=1S/C12H12F2O/c1-9(15)4-2-3-5-10-6-7-11(13)8-12(10)14/h3,5-8H,2,4H2,1H3/b5-3+. The van der Waals surface area contributed by atoms with Gasteiger partial charge in [-0.15, -0.1) is 0 Å². The number of hydrogen-bond donors (Lipinski definition) is 0. The van der Waals surface area contributed by atoms with E-state index in [1.807, 2.05) is 0 Å². The highest BCUT2D eigenvalue weighted by molar-refractivity contribution is 5.75. The smallest absolute Gasteiger partial charge is 0.133 e. The monoisotopic (exact) mass is 210 g/mol. The van der Waals surface area contributed by atoms with Gasteiger partial charge >= 0.3 is 0 Å². The summed E-state index contributed by atoms with van der Waals surface area (Å²) < 4.78 is 25.6. The molecule has 15 heavy (non-hydrogen) atoms. The maximum Gasteiger partial charge on any atom is 0.133 e. The molecule has 1 aromatic rings. The third-order valence-electron chi connectivity index (χ3n) is 1.92. The van der Waals surface area contributed by atoms with Crippen molar-refractivity contribution in [2.75, 3.05) is 0 Å². The van der Waals surface area contributed by atoms with Gasteiger partial charge in [-0.2, -0.15) is 0 Å². The number of carbonyl (C=O) groups excluding carboxylic acids is 1. The van der Waals surface area contributed by atoms with E-state index in [2.05, 4.69) is 0 Å². The van der Waals surface area contributed by atoms with Crippen LogP contribution < -0.4 is 0 Å². The molecule has 0 aliphatic heterocycles. The van der Waals surface area contributed by atoms with Crippen molar-refractivity contribution < 1.29 is 13.6 Å². The summed E-state index contributed by atoms with van der Waals surface area (Å²) >= 11 is 0. The summed E-state index contributed by atoms with van der Waals surface area (Å²) in [6.45, 7) is 1.51. The molecular formula is C12H12F2O. The second-order valence-electron chi connectivity index (χ2n) is 3.31. The Kier molecular flexibility index (Phi) is 4.16. The molecule has 0 radical (unpaired) electrons. The minimum absolute atomic E-state index is 0.0965. The van der Waals surface area contributed by atoms with Crippen LogP contribution in [-0.4, -0.2) is 5.78 Å². The molecule has 0 saturated heterocycles. The molecular weight excluding hydrogens is 198 g/mol. The summed E-state index contributed by atoms with van der Waals surface area (Å²) in [5.41, 5.74) is 0.333. The minimum Gasteiger partial charge on any atom is -0.300 e. The summed E-state index contributed by atoms with van der Waals surface area (Å²) in [7, 11) is 0. The highest BCUT2D eigenvalue weighted by Crippen LogP contribution is 2.11. The van der Waals surface area contributed by atoms with E-state index in [9.17, 15) is 13.6 Å². The van der Waals surface area contributed by atoms with Gasteiger partial charge < -0.3 is 4.79 Å². The first kappa shape index (κ1) is 11.6. The Balaban J connectivity index is 2.60. The largest absolute Gasteiger partial charge is 0.300 e. The topological polar surface area (TPSA) is 17.1 Å². The Hall–Kier alpha value is -1.51. The van der Waals surface area contributed by atoms with Crippen molar-refractivity contribution in [2.45, 2.75) is 19.8 Å². The average Bonchev–Trinajstić information content (AvgIpc) is 2.14. The fraction of sp³-hybridized carbons (Fsp3) is 0.250. The molecule has 0 saturated carbocycles. The molecule has 80 valence electrons. The first-order chi connectivity index (χ1) is 7.09. The van der Waals surface area contributed by atoms with Crippen LogP contribution >= 0.6 is 0 Å². The van der Waals surface area contributed by atoms with Crippen molar-refractivity contribution >= 4 is 11.9 Å². The number of halogens is 2. The van der Waals surface area contributed by atoms with Gasteiger partial charge in [-0.3, -0.25) is 0 Å². The third-order valence-corrected chi connectivity index (χ3v) is 1.92. The van der Waals surface area contributed by atoms with Crippen molar-refractivity contribution in [1.29, 1.82) is 0 Å². The molecule has 0 fully saturated rings. The Bertz CT molecular complexity index is 383. The van der Waals surface area contributed by atoms with Crippen LogP contribution in [0.3, 0.4) is 0 Å². The normalized spacial score (nSPS) is 10.9. The van der Waals surface area contributed by atoms with E-state index in [4.69, 9.17) is 0 Å². The minimum atomic E-state index is -0.589. The maximum absolute atomic E-state index is 13.1. The number of carbonyl (C=O) groups is 1. The SMILES string of the molecule is CC(=O)CC/C=C/c1ccc(F)cc1F. The first-order valence-electron chi connectivity index (χ1n) is 4.70. The molecule has 0 amide bonds. The Morgan fingerprint density at radius 2 is 2.13 bits per heavy atom. The van der Waals surface area contributed by atoms with Crippen LogP contribution in [0.4, 0.5) is 8.78 Å². The van der Waals surface area contributed by atoms with Crippen molar-refractivity contribution in [3.63, 3.8) is 0 Å². The summed E-state index contributed by atoms with van der Waals surface area (Å²) in [6, 6.07) is 3.41. The van der Waals surface area contributed by atoms with Crippen molar-refractivity contribution in [2.24, 2.45) is 0 Å². The van der Waals surface area contributed by atoms with E-state index in [1.165, 1.54) is 19.1 Å². The van der Waals surface area contributed by atoms with Gasteiger partial charge in [0.25, 0.3) is 0 Å². The van der Waals surface area contributed by atoms with Crippen LogP contribution in [0.25, 0.3) is 6.08 Å². The lowest BCUT2D eigenvalue weighted by atomic mass is 10.1. The molecule has 0 bridgehead atoms. The Morgan fingerprint density at radius 1 is 1.40 bits per heavy atom. The number of rotatable bonds is 4. The lowest BCUT2D eigenvalue weighted by Gasteiger charge is -1.96. The summed E-state index contributed by atoms with van der Waals surface area (Å²) in [4.78, 5) is 10.6. The summed E-state index contributed by atoms with van der Waals surface area (Å²) in [5.74, 6) is -1.08. The molecule has 0 atom stereocenters. The maximum atomic E-state index is 13.1. The number of benzene rings is 1. The predicted molar refractivity (Wildman–Crippen MR) is 55.3 cm³/mol. The number of hydrogen-bond acceptors (Lipinski definition) is 1. The molecule has 1 aromatic carbocycles. The van der Waals surface area contributed by atoms with Crippen molar-refractivity contribution in [3.8, 4) is 0 Å². The number of ketones is 1. The van der Waals surface area contributed by atoms with E-state index < -0.39 is 11.6 Å². The number of Topliss-reactive ketones (excluding diaryl/α,β-unsaturated/α-hetero) is 1. The predicted octanol–water partition coefficient (Wildman–Crippen LogP) is 3.35. The molecule has 0 aliphatic carbocycles. The zero-order chi connectivity index (χ0) is 11.3. The highest BCUT2D eigenvalue weighted by atomic mass is 19.1. The van der Waals surface area contributed by atoms with Crippen LogP contribution in [0.1, 0.15) is 25.3 Å². The first-order valence-corrected chi connectivity index (χ1v) is 4.70. The quantitative estimate of drug-likeness (QED) is 0.744. The van der Waals surface area contributed by atoms with Gasteiger partial charge in [0.05, 0.1) is 0 Å².